The van der Waals surface area contributed by atoms with Crippen LogP contribution in [0.1, 0.15) is 174 Å². The molecule has 3 fully saturated rings. The average molecular weight is 1040 g/mol. The van der Waals surface area contributed by atoms with E-state index in [1.165, 1.54) is 116 Å². The summed E-state index contributed by atoms with van der Waals surface area (Å²) in [7, 11) is 0. The van der Waals surface area contributed by atoms with Crippen LogP contribution in [0.25, 0.3) is 0 Å². The van der Waals surface area contributed by atoms with Crippen molar-refractivity contribution >= 4 is 5.91 Å². The summed E-state index contributed by atoms with van der Waals surface area (Å²) in [4.78, 5) is 12.8. The Kier molecular flexibility index (Phi) is 34.0. The first-order valence-electron chi connectivity index (χ1n) is 27.6. The van der Waals surface area contributed by atoms with E-state index in [9.17, 15) is 61.0 Å². The molecule has 0 bridgehead atoms. The Labute approximate surface area is 428 Å². The minimum absolute atomic E-state index is 0.210. The third-order valence-electron chi connectivity index (χ3n) is 14.0. The van der Waals surface area contributed by atoms with Gasteiger partial charge in [0, 0.05) is 6.42 Å². The standard InChI is InChI=1S/C53H97NO18/c1-3-5-7-8-9-10-11-12-13-14-15-16-17-18-19-20-21-22-23-24-25-26-27-28-29-30-37(58)36(54-41(59)31-6-4-2)35-67-51-47(65)44(62)49(39(33-56)69-51)72-53-48(66)45(63)50(40(34-57)70-53)71-52-46(64)43(61)42(60)38(32-55)68-52/h25-26,29-30,36-40,42-53,55-58,60-66H,3-24,27-28,31-35H2,1-2H3,(H,54,59)/b26-25+,30-29+. The Morgan fingerprint density at radius 1 is 0.486 bits per heavy atom. The van der Waals surface area contributed by atoms with Crippen molar-refractivity contribution in [3.63, 3.8) is 0 Å². The SMILES string of the molecule is CCCCCCCCCCCCCCCCCCCCC/C=C/CC/C=C/C(O)C(COC1OC(CO)C(OC2OC(CO)C(OC3OC(CO)C(O)C(O)C3O)C(O)C2O)C(O)C1O)NC(=O)CCCC. The molecule has 0 aromatic rings. The molecular formula is C53H97NO18. The van der Waals surface area contributed by atoms with Crippen molar-refractivity contribution in [3.8, 4) is 0 Å². The fraction of sp³-hybridized carbons (Fsp3) is 0.906. The molecule has 0 radical (unpaired) electrons. The third kappa shape index (κ3) is 22.9. The number of ether oxygens (including phenoxy) is 6. The second-order valence-corrected chi connectivity index (χ2v) is 20.0. The van der Waals surface area contributed by atoms with Crippen LogP contribution in [0.15, 0.2) is 24.3 Å². The van der Waals surface area contributed by atoms with Crippen molar-refractivity contribution in [3.05, 3.63) is 24.3 Å². The first-order chi connectivity index (χ1) is 34.8. The first kappa shape index (κ1) is 64.6. The molecule has 3 aliphatic rings. The normalized spacial score (nSPS) is 32.2. The predicted molar refractivity (Wildman–Crippen MR) is 268 cm³/mol. The van der Waals surface area contributed by atoms with Gasteiger partial charge in [-0.25, -0.2) is 0 Å². The monoisotopic (exact) mass is 1040 g/mol. The Hall–Kier alpha value is -1.73. The molecule has 17 unspecified atom stereocenters. The molecule has 0 aromatic carbocycles. The number of nitrogens with one attached hydrogen (secondary N) is 1. The topological polar surface area (TPSA) is 307 Å². The van der Waals surface area contributed by atoms with E-state index >= 15 is 0 Å². The molecule has 3 aliphatic heterocycles. The van der Waals surface area contributed by atoms with Gasteiger partial charge in [0.25, 0.3) is 0 Å². The Morgan fingerprint density at radius 2 is 0.889 bits per heavy atom. The highest BCUT2D eigenvalue weighted by molar-refractivity contribution is 5.76. The number of hydrogen-bond donors (Lipinski definition) is 12. The van der Waals surface area contributed by atoms with Crippen molar-refractivity contribution in [2.75, 3.05) is 26.4 Å². The zero-order valence-corrected chi connectivity index (χ0v) is 43.4. The van der Waals surface area contributed by atoms with Crippen LogP contribution >= 0.6 is 0 Å². The highest BCUT2D eigenvalue weighted by atomic mass is 16.8. The summed E-state index contributed by atoms with van der Waals surface area (Å²) in [6.07, 6.45) is 10.7. The number of rotatable bonds is 39. The minimum atomic E-state index is -1.98. The van der Waals surface area contributed by atoms with Crippen LogP contribution < -0.4 is 5.32 Å². The van der Waals surface area contributed by atoms with E-state index in [0.717, 1.165) is 25.7 Å². The maximum Gasteiger partial charge on any atom is 0.220 e. The summed E-state index contributed by atoms with van der Waals surface area (Å²) in [5.74, 6) is -0.322. The smallest absolute Gasteiger partial charge is 0.220 e. The molecule has 19 heteroatoms. The van der Waals surface area contributed by atoms with Gasteiger partial charge in [-0.15, -0.1) is 0 Å². The maximum atomic E-state index is 12.8. The molecule has 12 N–H and O–H groups in total. The van der Waals surface area contributed by atoms with Gasteiger partial charge in [0.05, 0.1) is 38.6 Å². The molecular weight excluding hydrogens is 939 g/mol. The van der Waals surface area contributed by atoms with Gasteiger partial charge in [-0.05, 0) is 32.1 Å². The van der Waals surface area contributed by atoms with Crippen LogP contribution in [0.3, 0.4) is 0 Å². The van der Waals surface area contributed by atoms with Crippen LogP contribution in [0, 0.1) is 0 Å². The van der Waals surface area contributed by atoms with Crippen LogP contribution in [0.2, 0.25) is 0 Å². The van der Waals surface area contributed by atoms with Crippen LogP contribution in [-0.2, 0) is 33.2 Å². The van der Waals surface area contributed by atoms with Crippen LogP contribution in [-0.4, -0.2) is 193 Å². The van der Waals surface area contributed by atoms with E-state index in [-0.39, 0.29) is 18.9 Å². The summed E-state index contributed by atoms with van der Waals surface area (Å²) in [5.41, 5.74) is 0. The molecule has 0 aromatic heterocycles. The van der Waals surface area contributed by atoms with E-state index in [0.29, 0.717) is 12.8 Å². The molecule has 3 heterocycles. The average Bonchev–Trinajstić information content (AvgIpc) is 3.38. The molecule has 0 spiro atoms. The number of carbonyl (C=O) groups excluding carboxylic acids is 1. The van der Waals surface area contributed by atoms with Gasteiger partial charge in [0.15, 0.2) is 18.9 Å². The summed E-state index contributed by atoms with van der Waals surface area (Å²) in [6, 6.07) is -0.981. The first-order valence-corrected chi connectivity index (χ1v) is 27.6. The number of hydrogen-bond acceptors (Lipinski definition) is 18. The van der Waals surface area contributed by atoms with E-state index in [4.69, 9.17) is 28.4 Å². The number of aliphatic hydroxyl groups excluding tert-OH is 11. The molecule has 0 aliphatic carbocycles. The van der Waals surface area contributed by atoms with Crippen molar-refractivity contribution in [2.24, 2.45) is 0 Å². The van der Waals surface area contributed by atoms with Gasteiger partial charge in [-0.2, -0.15) is 0 Å². The molecule has 422 valence electrons. The summed E-state index contributed by atoms with van der Waals surface area (Å²) >= 11 is 0. The fourth-order valence-electron chi connectivity index (χ4n) is 9.36. The van der Waals surface area contributed by atoms with E-state index < -0.39 is 124 Å². The predicted octanol–water partition coefficient (Wildman–Crippen LogP) is 3.20. The molecule has 1 amide bonds. The lowest BCUT2D eigenvalue weighted by molar-refractivity contribution is -0.379. The number of allylic oxidation sites excluding steroid dienone is 3. The van der Waals surface area contributed by atoms with Crippen molar-refractivity contribution in [1.82, 2.24) is 5.32 Å². The highest BCUT2D eigenvalue weighted by Crippen LogP contribution is 2.33. The van der Waals surface area contributed by atoms with Crippen LogP contribution in [0.5, 0.6) is 0 Å². The Balaban J connectivity index is 1.38. The van der Waals surface area contributed by atoms with Crippen molar-refractivity contribution in [2.45, 2.75) is 279 Å². The number of aliphatic hydroxyl groups is 11. The minimum Gasteiger partial charge on any atom is -0.394 e. The van der Waals surface area contributed by atoms with Crippen molar-refractivity contribution in [1.29, 1.82) is 0 Å². The lowest BCUT2D eigenvalue weighted by Gasteiger charge is -2.48. The van der Waals surface area contributed by atoms with Crippen LogP contribution in [0.4, 0.5) is 0 Å². The number of carbonyl (C=O) groups is 1. The van der Waals surface area contributed by atoms with Gasteiger partial charge >= 0.3 is 0 Å². The molecule has 17 atom stereocenters. The lowest BCUT2D eigenvalue weighted by Crippen LogP contribution is -2.66. The zero-order chi connectivity index (χ0) is 52.7. The number of unbranched alkanes of at least 4 members (excludes halogenated alkanes) is 21. The second kappa shape index (κ2) is 37.9. The van der Waals surface area contributed by atoms with Gasteiger partial charge in [-0.3, -0.25) is 4.79 Å². The molecule has 3 saturated heterocycles. The van der Waals surface area contributed by atoms with Gasteiger partial charge in [0.2, 0.25) is 5.91 Å². The third-order valence-corrected chi connectivity index (χ3v) is 14.0. The second-order valence-electron chi connectivity index (χ2n) is 20.0. The Bertz CT molecular complexity index is 1430. The van der Waals surface area contributed by atoms with E-state index in [1.807, 2.05) is 13.0 Å². The summed E-state index contributed by atoms with van der Waals surface area (Å²) in [6.45, 7) is 1.42. The van der Waals surface area contributed by atoms with Gasteiger partial charge < -0.3 is 89.9 Å². The maximum absolute atomic E-state index is 12.8. The fourth-order valence-corrected chi connectivity index (χ4v) is 9.36. The lowest BCUT2D eigenvalue weighted by atomic mass is 9.96. The van der Waals surface area contributed by atoms with Gasteiger partial charge in [-0.1, -0.05) is 160 Å². The molecule has 19 nitrogen and oxygen atoms in total. The summed E-state index contributed by atoms with van der Waals surface area (Å²) in [5, 5.41) is 119. The summed E-state index contributed by atoms with van der Waals surface area (Å²) < 4.78 is 33.9. The zero-order valence-electron chi connectivity index (χ0n) is 43.4. The Morgan fingerprint density at radius 3 is 1.38 bits per heavy atom. The van der Waals surface area contributed by atoms with Crippen molar-refractivity contribution < 1.29 is 89.4 Å². The molecule has 72 heavy (non-hydrogen) atoms. The quantitative estimate of drug-likeness (QED) is 0.0311. The van der Waals surface area contributed by atoms with E-state index in [1.54, 1.807) is 6.08 Å². The molecule has 0 saturated carbocycles. The largest absolute Gasteiger partial charge is 0.394 e. The highest BCUT2D eigenvalue weighted by Gasteiger charge is 2.53. The number of amides is 1. The molecule has 3 rings (SSSR count). The van der Waals surface area contributed by atoms with E-state index in [2.05, 4.69) is 24.4 Å². The van der Waals surface area contributed by atoms with Gasteiger partial charge in [0.1, 0.15) is 73.2 Å².